The molecule has 0 spiro atoms. The molecule has 132 valence electrons. The van der Waals surface area contributed by atoms with Gasteiger partial charge in [-0.25, -0.2) is 0 Å². The fraction of sp³-hybridized carbons (Fsp3) is 0.714. The third-order valence-electron chi connectivity index (χ3n) is 6.74. The van der Waals surface area contributed by atoms with Crippen LogP contribution in [0.4, 0.5) is 0 Å². The van der Waals surface area contributed by atoms with E-state index in [1.54, 1.807) is 14.2 Å². The van der Waals surface area contributed by atoms with Crippen molar-refractivity contribution in [2.24, 2.45) is 16.7 Å². The summed E-state index contributed by atoms with van der Waals surface area (Å²) in [6.45, 7) is 5.98. The standard InChI is InChI=1S/C21H31NO2/c1-19-8-16-9-20(2,12-19)14-21(10-16,13-19)22-11-15-5-6-17(23-3)18(7-15)24-4/h5-7,16,22H,8-14H2,1-4H3/t16?,19-,20+,21?. The normalized spacial score (nSPS) is 39.9. The molecule has 1 aromatic rings. The molecule has 3 nitrogen and oxygen atoms in total. The lowest BCUT2D eigenvalue weighted by atomic mass is 9.43. The Morgan fingerprint density at radius 1 is 0.958 bits per heavy atom. The molecule has 0 saturated heterocycles. The lowest BCUT2D eigenvalue weighted by Crippen LogP contribution is -2.63. The smallest absolute Gasteiger partial charge is 0.161 e. The topological polar surface area (TPSA) is 30.5 Å². The Bertz CT molecular complexity index is 623. The molecule has 1 aromatic carbocycles. The van der Waals surface area contributed by atoms with E-state index in [1.807, 2.05) is 6.07 Å². The van der Waals surface area contributed by atoms with Crippen molar-refractivity contribution in [1.29, 1.82) is 0 Å². The van der Waals surface area contributed by atoms with E-state index >= 15 is 0 Å². The van der Waals surface area contributed by atoms with E-state index in [9.17, 15) is 0 Å². The van der Waals surface area contributed by atoms with Gasteiger partial charge in [0.05, 0.1) is 14.2 Å². The van der Waals surface area contributed by atoms with E-state index in [-0.39, 0.29) is 0 Å². The number of benzene rings is 1. The van der Waals surface area contributed by atoms with Crippen LogP contribution in [-0.2, 0) is 6.54 Å². The molecule has 24 heavy (non-hydrogen) atoms. The van der Waals surface area contributed by atoms with Crippen LogP contribution in [0.15, 0.2) is 18.2 Å². The summed E-state index contributed by atoms with van der Waals surface area (Å²) in [5.41, 5.74) is 2.73. The third-order valence-corrected chi connectivity index (χ3v) is 6.74. The summed E-state index contributed by atoms with van der Waals surface area (Å²) >= 11 is 0. The zero-order valence-corrected chi connectivity index (χ0v) is 15.6. The van der Waals surface area contributed by atoms with Crippen molar-refractivity contribution in [3.63, 3.8) is 0 Å². The minimum absolute atomic E-state index is 0.343. The van der Waals surface area contributed by atoms with Gasteiger partial charge in [0.15, 0.2) is 11.5 Å². The van der Waals surface area contributed by atoms with Crippen LogP contribution < -0.4 is 14.8 Å². The number of hydrogen-bond donors (Lipinski definition) is 1. The molecule has 4 aliphatic rings. The van der Waals surface area contributed by atoms with E-state index in [2.05, 4.69) is 31.3 Å². The maximum atomic E-state index is 5.45. The third kappa shape index (κ3) is 2.71. The van der Waals surface area contributed by atoms with Crippen LogP contribution in [0.2, 0.25) is 0 Å². The van der Waals surface area contributed by atoms with E-state index in [0.717, 1.165) is 24.0 Å². The SMILES string of the molecule is COc1ccc(CNC23CC4C[C@@](C)(C2)C[C@](C)(C4)C3)cc1OC. The summed E-state index contributed by atoms with van der Waals surface area (Å²) < 4.78 is 10.8. The second-order valence-corrected chi connectivity index (χ2v) is 9.45. The first-order chi connectivity index (χ1) is 11.4. The molecular weight excluding hydrogens is 298 g/mol. The van der Waals surface area contributed by atoms with Gasteiger partial charge < -0.3 is 14.8 Å². The van der Waals surface area contributed by atoms with Crippen molar-refractivity contribution >= 4 is 0 Å². The molecule has 4 fully saturated rings. The van der Waals surface area contributed by atoms with Gasteiger partial charge in [0.25, 0.3) is 0 Å². The fourth-order valence-corrected chi connectivity index (χ4v) is 6.92. The van der Waals surface area contributed by atoms with Gasteiger partial charge >= 0.3 is 0 Å². The van der Waals surface area contributed by atoms with Crippen LogP contribution in [0.1, 0.15) is 57.9 Å². The summed E-state index contributed by atoms with van der Waals surface area (Å²) in [6, 6.07) is 6.27. The molecule has 3 heteroatoms. The average Bonchev–Trinajstić information content (AvgIpc) is 2.49. The number of ether oxygens (including phenoxy) is 2. The van der Waals surface area contributed by atoms with Crippen LogP contribution >= 0.6 is 0 Å². The van der Waals surface area contributed by atoms with Crippen molar-refractivity contribution < 1.29 is 9.47 Å². The van der Waals surface area contributed by atoms with Gasteiger partial charge in [-0.2, -0.15) is 0 Å². The zero-order valence-electron chi connectivity index (χ0n) is 15.6. The van der Waals surface area contributed by atoms with Gasteiger partial charge in [0, 0.05) is 12.1 Å². The summed E-state index contributed by atoms with van der Waals surface area (Å²) in [5.74, 6) is 2.55. The van der Waals surface area contributed by atoms with Gasteiger partial charge in [-0.15, -0.1) is 0 Å². The highest BCUT2D eigenvalue weighted by Crippen LogP contribution is 2.66. The molecular formula is C21H31NO2. The Labute approximate surface area is 146 Å². The predicted octanol–water partition coefficient (Wildman–Crippen LogP) is 4.54. The van der Waals surface area contributed by atoms with Crippen molar-refractivity contribution in [1.82, 2.24) is 5.32 Å². The molecule has 0 radical (unpaired) electrons. The maximum Gasteiger partial charge on any atom is 0.161 e. The highest BCUT2D eigenvalue weighted by molar-refractivity contribution is 5.42. The van der Waals surface area contributed by atoms with Crippen LogP contribution in [0.5, 0.6) is 11.5 Å². The Morgan fingerprint density at radius 3 is 2.21 bits per heavy atom. The summed E-state index contributed by atoms with van der Waals surface area (Å²) in [6.07, 6.45) is 8.38. The Kier molecular flexibility index (Phi) is 3.65. The van der Waals surface area contributed by atoms with Gasteiger partial charge in [0.1, 0.15) is 0 Å². The summed E-state index contributed by atoms with van der Waals surface area (Å²) in [5, 5.41) is 3.99. The molecule has 4 aliphatic carbocycles. The average molecular weight is 329 g/mol. The van der Waals surface area contributed by atoms with Gasteiger partial charge in [-0.1, -0.05) is 19.9 Å². The first kappa shape index (κ1) is 16.3. The van der Waals surface area contributed by atoms with Crippen molar-refractivity contribution in [3.8, 4) is 11.5 Å². The van der Waals surface area contributed by atoms with E-state index in [0.29, 0.717) is 16.4 Å². The highest BCUT2D eigenvalue weighted by Gasteiger charge is 2.59. The molecule has 4 atom stereocenters. The van der Waals surface area contributed by atoms with Crippen LogP contribution in [0, 0.1) is 16.7 Å². The second-order valence-electron chi connectivity index (χ2n) is 9.45. The maximum absolute atomic E-state index is 5.45. The minimum atomic E-state index is 0.343. The zero-order chi connectivity index (χ0) is 17.0. The number of nitrogens with one attached hydrogen (secondary N) is 1. The van der Waals surface area contributed by atoms with Crippen LogP contribution in [-0.4, -0.2) is 19.8 Å². The summed E-state index contributed by atoms with van der Waals surface area (Å²) in [4.78, 5) is 0. The van der Waals surface area contributed by atoms with E-state index in [1.165, 1.54) is 44.1 Å². The van der Waals surface area contributed by atoms with Gasteiger partial charge in [-0.3, -0.25) is 0 Å². The van der Waals surface area contributed by atoms with Gasteiger partial charge in [0.2, 0.25) is 0 Å². The van der Waals surface area contributed by atoms with Gasteiger partial charge in [-0.05, 0) is 73.0 Å². The Balaban J connectivity index is 1.52. The Morgan fingerprint density at radius 2 is 1.62 bits per heavy atom. The minimum Gasteiger partial charge on any atom is -0.493 e. The number of rotatable bonds is 5. The molecule has 5 rings (SSSR count). The van der Waals surface area contributed by atoms with E-state index < -0.39 is 0 Å². The lowest BCUT2D eigenvalue weighted by molar-refractivity contribution is -0.118. The Hall–Kier alpha value is -1.22. The number of hydrogen-bond acceptors (Lipinski definition) is 3. The van der Waals surface area contributed by atoms with Crippen molar-refractivity contribution in [3.05, 3.63) is 23.8 Å². The van der Waals surface area contributed by atoms with Crippen LogP contribution in [0.3, 0.4) is 0 Å². The molecule has 1 N–H and O–H groups in total. The van der Waals surface area contributed by atoms with E-state index in [4.69, 9.17) is 9.47 Å². The monoisotopic (exact) mass is 329 g/mol. The van der Waals surface area contributed by atoms with Crippen molar-refractivity contribution in [2.45, 2.75) is 64.5 Å². The second kappa shape index (κ2) is 5.39. The molecule has 0 amide bonds. The highest BCUT2D eigenvalue weighted by atomic mass is 16.5. The van der Waals surface area contributed by atoms with Crippen LogP contribution in [0.25, 0.3) is 0 Å². The fourth-order valence-electron chi connectivity index (χ4n) is 6.92. The lowest BCUT2D eigenvalue weighted by Gasteiger charge is -2.65. The molecule has 4 saturated carbocycles. The molecule has 2 unspecified atom stereocenters. The first-order valence-corrected chi connectivity index (χ1v) is 9.33. The first-order valence-electron chi connectivity index (χ1n) is 9.33. The predicted molar refractivity (Wildman–Crippen MR) is 96.5 cm³/mol. The number of methoxy groups -OCH3 is 2. The summed E-state index contributed by atoms with van der Waals surface area (Å²) in [7, 11) is 3.39. The quantitative estimate of drug-likeness (QED) is 0.860. The molecule has 4 bridgehead atoms. The molecule has 0 aliphatic heterocycles. The molecule has 0 aromatic heterocycles. The molecule has 0 heterocycles. The van der Waals surface area contributed by atoms with Crippen molar-refractivity contribution in [2.75, 3.05) is 14.2 Å². The largest absolute Gasteiger partial charge is 0.493 e.